The van der Waals surface area contributed by atoms with Crippen molar-refractivity contribution in [3.63, 3.8) is 0 Å². The Kier molecular flexibility index (Phi) is 4.86. The van der Waals surface area contributed by atoms with Crippen LogP contribution in [-0.4, -0.2) is 44.2 Å². The van der Waals surface area contributed by atoms with Crippen molar-refractivity contribution in [2.45, 2.75) is 6.04 Å². The minimum Gasteiger partial charge on any atom is -0.383 e. The molecule has 94 valence electrons. The molecule has 1 amide bonds. The number of anilines is 1. The van der Waals surface area contributed by atoms with E-state index in [4.69, 9.17) is 16.2 Å². The summed E-state index contributed by atoms with van der Waals surface area (Å²) >= 11 is 0. The van der Waals surface area contributed by atoms with E-state index in [1.54, 1.807) is 25.4 Å². The third-order valence-electron chi connectivity index (χ3n) is 2.33. The van der Waals surface area contributed by atoms with Gasteiger partial charge in [0.2, 0.25) is 0 Å². The predicted molar refractivity (Wildman–Crippen MR) is 65.9 cm³/mol. The Balaban J connectivity index is 2.71. The molecule has 1 atom stereocenters. The zero-order chi connectivity index (χ0) is 12.8. The number of nitrogens with two attached hydrogens (primary N) is 2. The van der Waals surface area contributed by atoms with Gasteiger partial charge in [0.1, 0.15) is 5.69 Å². The number of pyridine rings is 1. The van der Waals surface area contributed by atoms with Gasteiger partial charge in [-0.3, -0.25) is 9.78 Å². The van der Waals surface area contributed by atoms with Crippen LogP contribution in [0.15, 0.2) is 18.3 Å². The second-order valence-corrected chi connectivity index (χ2v) is 3.86. The Hall–Kier alpha value is -1.66. The van der Waals surface area contributed by atoms with E-state index >= 15 is 0 Å². The van der Waals surface area contributed by atoms with Crippen LogP contribution in [0.3, 0.4) is 0 Å². The maximum Gasteiger partial charge on any atom is 0.267 e. The van der Waals surface area contributed by atoms with Gasteiger partial charge in [-0.1, -0.05) is 0 Å². The van der Waals surface area contributed by atoms with Crippen molar-refractivity contribution in [1.29, 1.82) is 0 Å². The number of nitrogens with zero attached hydrogens (tertiary/aromatic N) is 2. The lowest BCUT2D eigenvalue weighted by Gasteiger charge is -2.23. The van der Waals surface area contributed by atoms with Gasteiger partial charge in [-0.2, -0.15) is 0 Å². The van der Waals surface area contributed by atoms with Gasteiger partial charge in [-0.25, -0.2) is 0 Å². The summed E-state index contributed by atoms with van der Waals surface area (Å²) in [6, 6.07) is 3.35. The normalized spacial score (nSPS) is 12.2. The number of methoxy groups -OCH3 is 1. The van der Waals surface area contributed by atoms with E-state index in [0.717, 1.165) is 5.69 Å². The van der Waals surface area contributed by atoms with Gasteiger partial charge < -0.3 is 21.1 Å². The van der Waals surface area contributed by atoms with Crippen molar-refractivity contribution in [2.75, 3.05) is 32.2 Å². The van der Waals surface area contributed by atoms with E-state index in [1.165, 1.54) is 0 Å². The highest BCUT2D eigenvalue weighted by molar-refractivity contribution is 5.91. The fraction of sp³-hybridized carbons (Fsp3) is 0.455. The Morgan fingerprint density at radius 2 is 2.35 bits per heavy atom. The smallest absolute Gasteiger partial charge is 0.267 e. The van der Waals surface area contributed by atoms with Gasteiger partial charge in [0.15, 0.2) is 0 Å². The van der Waals surface area contributed by atoms with Gasteiger partial charge in [0.25, 0.3) is 5.91 Å². The van der Waals surface area contributed by atoms with Crippen LogP contribution in [0.25, 0.3) is 0 Å². The zero-order valence-electron chi connectivity index (χ0n) is 10.1. The average Bonchev–Trinajstić information content (AvgIpc) is 2.29. The highest BCUT2D eigenvalue weighted by Crippen LogP contribution is 2.12. The molecular formula is C11H18N4O2. The third kappa shape index (κ3) is 4.01. The van der Waals surface area contributed by atoms with Gasteiger partial charge in [-0.15, -0.1) is 0 Å². The van der Waals surface area contributed by atoms with Gasteiger partial charge in [-0.05, 0) is 12.1 Å². The largest absolute Gasteiger partial charge is 0.383 e. The molecule has 1 aromatic rings. The molecule has 0 aliphatic heterocycles. The van der Waals surface area contributed by atoms with E-state index < -0.39 is 5.91 Å². The lowest BCUT2D eigenvalue weighted by atomic mass is 10.2. The second kappa shape index (κ2) is 6.17. The van der Waals surface area contributed by atoms with Gasteiger partial charge >= 0.3 is 0 Å². The first kappa shape index (κ1) is 13.4. The summed E-state index contributed by atoms with van der Waals surface area (Å²) in [7, 11) is 3.49. The van der Waals surface area contributed by atoms with Crippen LogP contribution in [0.2, 0.25) is 0 Å². The topological polar surface area (TPSA) is 94.5 Å². The standard InChI is InChI=1S/C11H18N4O2/c1-15(6-8(12)7-17-2)9-3-4-14-10(5-9)11(13)16/h3-5,8H,6-7,12H2,1-2H3,(H2,13,16). The number of amides is 1. The van der Waals surface area contributed by atoms with Crippen LogP contribution in [0.4, 0.5) is 5.69 Å². The Morgan fingerprint density at radius 3 is 2.94 bits per heavy atom. The van der Waals surface area contributed by atoms with Crippen molar-refractivity contribution < 1.29 is 9.53 Å². The first-order valence-electron chi connectivity index (χ1n) is 5.26. The number of primary amides is 1. The molecule has 6 nitrogen and oxygen atoms in total. The molecule has 4 N–H and O–H groups in total. The lowest BCUT2D eigenvalue weighted by Crippen LogP contribution is -2.38. The molecular weight excluding hydrogens is 220 g/mol. The van der Waals surface area contributed by atoms with Crippen LogP contribution >= 0.6 is 0 Å². The monoisotopic (exact) mass is 238 g/mol. The predicted octanol–water partition coefficient (Wildman–Crippen LogP) is -0.410. The first-order valence-corrected chi connectivity index (χ1v) is 5.26. The van der Waals surface area contributed by atoms with E-state index in [0.29, 0.717) is 13.2 Å². The molecule has 0 fully saturated rings. The average molecular weight is 238 g/mol. The zero-order valence-corrected chi connectivity index (χ0v) is 10.1. The molecule has 17 heavy (non-hydrogen) atoms. The number of carbonyl (C=O) groups excluding carboxylic acids is 1. The van der Waals surface area contributed by atoms with Crippen molar-refractivity contribution in [2.24, 2.45) is 11.5 Å². The number of rotatable bonds is 6. The molecule has 0 radical (unpaired) electrons. The lowest BCUT2D eigenvalue weighted by molar-refractivity contribution is 0.0995. The van der Waals surface area contributed by atoms with Crippen LogP contribution in [0.5, 0.6) is 0 Å². The van der Waals surface area contributed by atoms with Crippen molar-refractivity contribution in [1.82, 2.24) is 4.98 Å². The summed E-state index contributed by atoms with van der Waals surface area (Å²) in [6.07, 6.45) is 1.55. The van der Waals surface area contributed by atoms with Gasteiger partial charge in [0.05, 0.1) is 6.61 Å². The summed E-state index contributed by atoms with van der Waals surface area (Å²) in [4.78, 5) is 16.8. The maximum absolute atomic E-state index is 11.0. The summed E-state index contributed by atoms with van der Waals surface area (Å²) in [5.74, 6) is -0.540. The quantitative estimate of drug-likeness (QED) is 0.702. The number of likely N-dealkylation sites (N-methyl/N-ethyl adjacent to an activating group) is 1. The van der Waals surface area contributed by atoms with Gasteiger partial charge in [0, 0.05) is 38.6 Å². The second-order valence-electron chi connectivity index (χ2n) is 3.86. The number of ether oxygens (including phenoxy) is 1. The maximum atomic E-state index is 11.0. The molecule has 0 bridgehead atoms. The summed E-state index contributed by atoms with van der Waals surface area (Å²) in [5, 5.41) is 0. The number of aromatic nitrogens is 1. The first-order chi connectivity index (χ1) is 8.04. The summed E-state index contributed by atoms with van der Waals surface area (Å²) in [6.45, 7) is 1.11. The fourth-order valence-corrected chi connectivity index (χ4v) is 1.52. The van der Waals surface area contributed by atoms with Crippen LogP contribution < -0.4 is 16.4 Å². The van der Waals surface area contributed by atoms with E-state index in [2.05, 4.69) is 4.98 Å². The van der Waals surface area contributed by atoms with Crippen LogP contribution in [0.1, 0.15) is 10.5 Å². The molecule has 0 spiro atoms. The Morgan fingerprint density at radius 1 is 1.65 bits per heavy atom. The van der Waals surface area contributed by atoms with Crippen molar-refractivity contribution >= 4 is 11.6 Å². The number of hydrogen-bond acceptors (Lipinski definition) is 5. The number of carbonyl (C=O) groups is 1. The molecule has 1 unspecified atom stereocenters. The highest BCUT2D eigenvalue weighted by atomic mass is 16.5. The fourth-order valence-electron chi connectivity index (χ4n) is 1.52. The van der Waals surface area contributed by atoms with Crippen LogP contribution in [0, 0.1) is 0 Å². The summed E-state index contributed by atoms with van der Waals surface area (Å²) < 4.78 is 4.96. The molecule has 0 aliphatic rings. The molecule has 0 aromatic carbocycles. The minimum absolute atomic E-state index is 0.0878. The highest BCUT2D eigenvalue weighted by Gasteiger charge is 2.09. The SMILES string of the molecule is COCC(N)CN(C)c1ccnc(C(N)=O)c1. The minimum atomic E-state index is -0.540. The van der Waals surface area contributed by atoms with Crippen LogP contribution in [-0.2, 0) is 4.74 Å². The summed E-state index contributed by atoms with van der Waals surface area (Å²) in [5.41, 5.74) is 12.1. The Bertz CT molecular complexity index is 383. The number of hydrogen-bond donors (Lipinski definition) is 2. The van der Waals surface area contributed by atoms with Crippen molar-refractivity contribution in [3.05, 3.63) is 24.0 Å². The molecule has 6 heteroatoms. The molecule has 0 saturated carbocycles. The van der Waals surface area contributed by atoms with E-state index in [9.17, 15) is 4.79 Å². The Labute approximate surface area is 101 Å². The molecule has 0 aliphatic carbocycles. The molecule has 1 heterocycles. The van der Waals surface area contributed by atoms with Crippen molar-refractivity contribution in [3.8, 4) is 0 Å². The third-order valence-corrected chi connectivity index (χ3v) is 2.33. The molecule has 1 aromatic heterocycles. The van der Waals surface area contributed by atoms with E-state index in [-0.39, 0.29) is 11.7 Å². The van der Waals surface area contributed by atoms with E-state index in [1.807, 2.05) is 11.9 Å². The molecule has 0 saturated heterocycles. The molecule has 1 rings (SSSR count).